The number of halogens is 3. The number of hydrogen-bond donors (Lipinski definition) is 2. The summed E-state index contributed by atoms with van der Waals surface area (Å²) in [6.07, 6.45) is -0.606. The Kier molecular flexibility index (Phi) is 3.95. The molecule has 0 bridgehead atoms. The maximum absolute atomic E-state index is 13.6. The number of carboxylic acids is 1. The highest BCUT2D eigenvalue weighted by atomic mass is 19.2. The summed E-state index contributed by atoms with van der Waals surface area (Å²) in [6.45, 7) is 0. The Hall–Kier alpha value is -1.76. The van der Waals surface area contributed by atoms with Crippen LogP contribution >= 0.6 is 0 Å². The first-order valence-electron chi connectivity index (χ1n) is 4.57. The quantitative estimate of drug-likeness (QED) is 0.795. The zero-order valence-corrected chi connectivity index (χ0v) is 8.84. The van der Waals surface area contributed by atoms with Gasteiger partial charge in [0.15, 0.2) is 17.4 Å². The maximum Gasteiger partial charge on any atom is 0.305 e. The number of benzene rings is 1. The minimum absolute atomic E-state index is 0.442. The van der Waals surface area contributed by atoms with Crippen molar-refractivity contribution >= 4 is 5.97 Å². The molecule has 1 aromatic carbocycles. The van der Waals surface area contributed by atoms with Gasteiger partial charge in [0, 0.05) is 11.6 Å². The van der Waals surface area contributed by atoms with E-state index in [2.05, 4.69) is 4.74 Å². The van der Waals surface area contributed by atoms with Gasteiger partial charge in [-0.1, -0.05) is 0 Å². The molecule has 0 radical (unpaired) electrons. The van der Waals surface area contributed by atoms with Gasteiger partial charge in [-0.15, -0.1) is 0 Å². The summed E-state index contributed by atoms with van der Waals surface area (Å²) < 4.78 is 44.1. The van der Waals surface area contributed by atoms with Gasteiger partial charge < -0.3 is 15.6 Å². The van der Waals surface area contributed by atoms with E-state index in [1.165, 1.54) is 0 Å². The standard InChI is InChI=1S/C10H10F3NO3/c1-17-10-8(12)4(2-5(11)9(10)13)6(14)3-7(15)16/h2,6H,3,14H2,1H3,(H,15,16). The summed E-state index contributed by atoms with van der Waals surface area (Å²) in [4.78, 5) is 10.4. The van der Waals surface area contributed by atoms with Crippen LogP contribution in [-0.4, -0.2) is 18.2 Å². The minimum Gasteiger partial charge on any atom is -0.491 e. The molecule has 0 aromatic heterocycles. The van der Waals surface area contributed by atoms with Gasteiger partial charge in [0.05, 0.1) is 13.5 Å². The summed E-state index contributed by atoms with van der Waals surface area (Å²) in [7, 11) is 0.966. The molecule has 4 nitrogen and oxygen atoms in total. The molecule has 0 saturated carbocycles. The predicted molar refractivity (Wildman–Crippen MR) is 52.0 cm³/mol. The number of hydrogen-bond acceptors (Lipinski definition) is 3. The van der Waals surface area contributed by atoms with Gasteiger partial charge in [-0.05, 0) is 6.07 Å². The largest absolute Gasteiger partial charge is 0.491 e. The lowest BCUT2D eigenvalue weighted by atomic mass is 10.0. The number of aliphatic carboxylic acids is 1. The Balaban J connectivity index is 3.25. The van der Waals surface area contributed by atoms with Crippen LogP contribution in [0.3, 0.4) is 0 Å². The van der Waals surface area contributed by atoms with Crippen LogP contribution in [0.5, 0.6) is 5.75 Å². The van der Waals surface area contributed by atoms with E-state index in [-0.39, 0.29) is 0 Å². The number of rotatable bonds is 4. The zero-order valence-electron chi connectivity index (χ0n) is 8.84. The van der Waals surface area contributed by atoms with Crippen molar-refractivity contribution < 1.29 is 27.8 Å². The molecule has 0 spiro atoms. The average Bonchev–Trinajstić information content (AvgIpc) is 2.23. The number of methoxy groups -OCH3 is 1. The molecule has 7 heteroatoms. The molecule has 3 N–H and O–H groups in total. The van der Waals surface area contributed by atoms with E-state index in [1.807, 2.05) is 0 Å². The van der Waals surface area contributed by atoms with Crippen molar-refractivity contribution in [3.8, 4) is 5.75 Å². The van der Waals surface area contributed by atoms with E-state index in [0.29, 0.717) is 6.07 Å². The fraction of sp³-hybridized carbons (Fsp3) is 0.300. The second-order valence-corrected chi connectivity index (χ2v) is 3.31. The Morgan fingerprint density at radius 1 is 1.47 bits per heavy atom. The van der Waals surface area contributed by atoms with E-state index in [9.17, 15) is 18.0 Å². The van der Waals surface area contributed by atoms with E-state index >= 15 is 0 Å². The van der Waals surface area contributed by atoms with Gasteiger partial charge in [-0.2, -0.15) is 4.39 Å². The molecule has 1 unspecified atom stereocenters. The fourth-order valence-electron chi connectivity index (χ4n) is 1.35. The number of ether oxygens (including phenoxy) is 1. The van der Waals surface area contributed by atoms with Crippen LogP contribution in [0.1, 0.15) is 18.0 Å². The zero-order chi connectivity index (χ0) is 13.2. The smallest absolute Gasteiger partial charge is 0.305 e. The predicted octanol–water partition coefficient (Wildman–Crippen LogP) is 1.59. The van der Waals surface area contributed by atoms with Gasteiger partial charge in [-0.25, -0.2) is 8.78 Å². The molecule has 0 amide bonds. The second kappa shape index (κ2) is 5.05. The molecule has 0 aliphatic heterocycles. The van der Waals surface area contributed by atoms with Gasteiger partial charge in [0.2, 0.25) is 5.82 Å². The number of nitrogens with two attached hydrogens (primary N) is 1. The Morgan fingerprint density at radius 2 is 2.06 bits per heavy atom. The number of carboxylic acid groups (broad SMARTS) is 1. The van der Waals surface area contributed by atoms with Crippen molar-refractivity contribution in [1.82, 2.24) is 0 Å². The van der Waals surface area contributed by atoms with E-state index < -0.39 is 47.2 Å². The van der Waals surface area contributed by atoms with Crippen LogP contribution in [0.15, 0.2) is 6.07 Å². The first kappa shape index (κ1) is 13.3. The summed E-state index contributed by atoms with van der Waals surface area (Å²) in [5.74, 6) is -6.21. The lowest BCUT2D eigenvalue weighted by molar-refractivity contribution is -0.137. The number of carbonyl (C=O) groups is 1. The molecule has 0 aliphatic carbocycles. The van der Waals surface area contributed by atoms with Crippen LogP contribution in [0.2, 0.25) is 0 Å². The van der Waals surface area contributed by atoms with Crippen molar-refractivity contribution in [2.24, 2.45) is 5.73 Å². The Morgan fingerprint density at radius 3 is 2.53 bits per heavy atom. The molecule has 0 aliphatic rings. The molecule has 0 saturated heterocycles. The first-order chi connectivity index (χ1) is 7.88. The van der Waals surface area contributed by atoms with Crippen LogP contribution in [0.25, 0.3) is 0 Å². The highest BCUT2D eigenvalue weighted by Gasteiger charge is 2.24. The van der Waals surface area contributed by atoms with Crippen molar-refractivity contribution in [3.63, 3.8) is 0 Å². The van der Waals surface area contributed by atoms with Gasteiger partial charge in [0.25, 0.3) is 0 Å². The summed E-state index contributed by atoms with van der Waals surface area (Å²) >= 11 is 0. The monoisotopic (exact) mass is 249 g/mol. The molecular formula is C10H10F3NO3. The van der Waals surface area contributed by atoms with Crippen LogP contribution in [-0.2, 0) is 4.79 Å². The normalized spacial score (nSPS) is 12.3. The van der Waals surface area contributed by atoms with Gasteiger partial charge in [0.1, 0.15) is 0 Å². The van der Waals surface area contributed by atoms with E-state index in [0.717, 1.165) is 7.11 Å². The fourth-order valence-corrected chi connectivity index (χ4v) is 1.35. The minimum atomic E-state index is -1.48. The van der Waals surface area contributed by atoms with Crippen molar-refractivity contribution in [1.29, 1.82) is 0 Å². The van der Waals surface area contributed by atoms with Gasteiger partial charge in [-0.3, -0.25) is 4.79 Å². The van der Waals surface area contributed by atoms with Gasteiger partial charge >= 0.3 is 5.97 Å². The van der Waals surface area contributed by atoms with Crippen molar-refractivity contribution in [3.05, 3.63) is 29.1 Å². The highest BCUT2D eigenvalue weighted by molar-refractivity contribution is 5.68. The van der Waals surface area contributed by atoms with E-state index in [1.54, 1.807) is 0 Å². The molecule has 94 valence electrons. The van der Waals surface area contributed by atoms with E-state index in [4.69, 9.17) is 10.8 Å². The third-order valence-electron chi connectivity index (χ3n) is 2.14. The topological polar surface area (TPSA) is 72.5 Å². The first-order valence-corrected chi connectivity index (χ1v) is 4.57. The van der Waals surface area contributed by atoms with Crippen LogP contribution in [0.4, 0.5) is 13.2 Å². The average molecular weight is 249 g/mol. The maximum atomic E-state index is 13.6. The third kappa shape index (κ3) is 2.68. The molecule has 1 aromatic rings. The molecule has 0 heterocycles. The van der Waals surface area contributed by atoms with Crippen LogP contribution < -0.4 is 10.5 Å². The van der Waals surface area contributed by atoms with Crippen molar-refractivity contribution in [2.75, 3.05) is 7.11 Å². The molecule has 17 heavy (non-hydrogen) atoms. The lowest BCUT2D eigenvalue weighted by Crippen LogP contribution is -2.17. The molecule has 1 rings (SSSR count). The summed E-state index contributed by atoms with van der Waals surface area (Å²) in [5, 5.41) is 8.48. The molecule has 0 fully saturated rings. The Bertz CT molecular complexity index is 451. The molecule has 1 atom stereocenters. The highest BCUT2D eigenvalue weighted by Crippen LogP contribution is 2.30. The van der Waals surface area contributed by atoms with Crippen molar-refractivity contribution in [2.45, 2.75) is 12.5 Å². The third-order valence-corrected chi connectivity index (χ3v) is 2.14. The molecular weight excluding hydrogens is 239 g/mol. The summed E-state index contributed by atoms with van der Waals surface area (Å²) in [6, 6.07) is -0.752. The summed E-state index contributed by atoms with van der Waals surface area (Å²) in [5.41, 5.74) is 4.93. The SMILES string of the molecule is COc1c(F)c(F)cc(C(N)CC(=O)O)c1F. The second-order valence-electron chi connectivity index (χ2n) is 3.31. The lowest BCUT2D eigenvalue weighted by Gasteiger charge is -2.13. The van der Waals surface area contributed by atoms with Crippen LogP contribution in [0, 0.1) is 17.5 Å². The Labute approximate surface area is 94.8 Å².